The van der Waals surface area contributed by atoms with Gasteiger partial charge in [-0.2, -0.15) is 0 Å². The molecule has 0 fully saturated rings. The molecule has 2 N–H and O–H groups in total. The molecule has 0 saturated heterocycles. The summed E-state index contributed by atoms with van der Waals surface area (Å²) in [5.74, 6) is 0.792. The molecule has 0 atom stereocenters. The number of aryl methyl sites for hydroxylation is 1. The zero-order valence-electron chi connectivity index (χ0n) is 11.3. The minimum Gasteiger partial charge on any atom is -0.487 e. The van der Waals surface area contributed by atoms with Gasteiger partial charge in [-0.25, -0.2) is 0 Å². The SMILES string of the molecule is CCc1ccc(COc2ccc(CCN)nc2)cc1. The molecule has 1 aromatic heterocycles. The van der Waals surface area contributed by atoms with E-state index in [2.05, 4.69) is 36.2 Å². The van der Waals surface area contributed by atoms with Crippen molar-refractivity contribution in [2.75, 3.05) is 6.54 Å². The van der Waals surface area contributed by atoms with Crippen molar-refractivity contribution in [3.05, 3.63) is 59.4 Å². The number of rotatable bonds is 6. The molecule has 0 aliphatic rings. The summed E-state index contributed by atoms with van der Waals surface area (Å²) < 4.78 is 5.70. The Morgan fingerprint density at radius 1 is 1.05 bits per heavy atom. The van der Waals surface area contributed by atoms with Crippen molar-refractivity contribution in [3.8, 4) is 5.75 Å². The fraction of sp³-hybridized carbons (Fsp3) is 0.312. The highest BCUT2D eigenvalue weighted by Gasteiger charge is 1.98. The molecule has 3 heteroatoms. The van der Waals surface area contributed by atoms with E-state index in [1.54, 1.807) is 6.20 Å². The van der Waals surface area contributed by atoms with E-state index in [0.29, 0.717) is 13.2 Å². The average molecular weight is 256 g/mol. The van der Waals surface area contributed by atoms with Crippen LogP contribution in [0.5, 0.6) is 5.75 Å². The quantitative estimate of drug-likeness (QED) is 0.864. The van der Waals surface area contributed by atoms with Gasteiger partial charge in [0.25, 0.3) is 0 Å². The van der Waals surface area contributed by atoms with Crippen molar-refractivity contribution in [2.24, 2.45) is 5.73 Å². The molecule has 19 heavy (non-hydrogen) atoms. The van der Waals surface area contributed by atoms with Gasteiger partial charge in [0.05, 0.1) is 6.20 Å². The number of nitrogens with two attached hydrogens (primary N) is 1. The third-order valence-electron chi connectivity index (χ3n) is 3.03. The first-order valence-corrected chi connectivity index (χ1v) is 6.67. The second-order valence-electron chi connectivity index (χ2n) is 4.48. The minimum atomic E-state index is 0.571. The molecule has 2 aromatic rings. The van der Waals surface area contributed by atoms with Gasteiger partial charge < -0.3 is 10.5 Å². The normalized spacial score (nSPS) is 10.4. The summed E-state index contributed by atoms with van der Waals surface area (Å²) in [5, 5.41) is 0. The average Bonchev–Trinajstić information content (AvgIpc) is 2.47. The van der Waals surface area contributed by atoms with Crippen LogP contribution < -0.4 is 10.5 Å². The number of pyridine rings is 1. The zero-order chi connectivity index (χ0) is 13.5. The van der Waals surface area contributed by atoms with Gasteiger partial charge in [-0.15, -0.1) is 0 Å². The zero-order valence-corrected chi connectivity index (χ0v) is 11.3. The van der Waals surface area contributed by atoms with Gasteiger partial charge >= 0.3 is 0 Å². The molecule has 1 aromatic carbocycles. The van der Waals surface area contributed by atoms with Gasteiger partial charge in [-0.05, 0) is 36.2 Å². The predicted molar refractivity (Wildman–Crippen MR) is 77.1 cm³/mol. The third kappa shape index (κ3) is 4.07. The Hall–Kier alpha value is -1.87. The molecule has 3 nitrogen and oxygen atoms in total. The molecule has 0 saturated carbocycles. The maximum absolute atomic E-state index is 5.70. The maximum atomic E-state index is 5.70. The highest BCUT2D eigenvalue weighted by molar-refractivity contribution is 5.24. The van der Waals surface area contributed by atoms with Crippen molar-refractivity contribution in [1.82, 2.24) is 4.98 Å². The molecule has 0 unspecified atom stereocenters. The van der Waals surface area contributed by atoms with Crippen LogP contribution in [0.4, 0.5) is 0 Å². The van der Waals surface area contributed by atoms with Crippen LogP contribution in [0.15, 0.2) is 42.6 Å². The second kappa shape index (κ2) is 6.90. The van der Waals surface area contributed by atoms with Crippen LogP contribution in [0.2, 0.25) is 0 Å². The standard InChI is InChI=1S/C16H20N2O/c1-2-13-3-5-14(6-4-13)12-19-16-8-7-15(9-10-17)18-11-16/h3-8,11H,2,9-10,12,17H2,1H3. The van der Waals surface area contributed by atoms with Crippen molar-refractivity contribution < 1.29 is 4.74 Å². The largest absolute Gasteiger partial charge is 0.487 e. The molecule has 0 radical (unpaired) electrons. The van der Waals surface area contributed by atoms with Crippen LogP contribution >= 0.6 is 0 Å². The molecule has 0 spiro atoms. The number of ether oxygens (including phenoxy) is 1. The van der Waals surface area contributed by atoms with Crippen molar-refractivity contribution in [2.45, 2.75) is 26.4 Å². The van der Waals surface area contributed by atoms with Gasteiger partial charge in [0.2, 0.25) is 0 Å². The summed E-state index contributed by atoms with van der Waals surface area (Å²) >= 11 is 0. The first-order valence-electron chi connectivity index (χ1n) is 6.67. The van der Waals surface area contributed by atoms with E-state index in [4.69, 9.17) is 10.5 Å². The van der Waals surface area contributed by atoms with Gasteiger partial charge in [-0.3, -0.25) is 4.98 Å². The number of hydrogen-bond acceptors (Lipinski definition) is 3. The number of benzene rings is 1. The number of aromatic nitrogens is 1. The molecular weight excluding hydrogens is 236 g/mol. The van der Waals surface area contributed by atoms with E-state index >= 15 is 0 Å². The van der Waals surface area contributed by atoms with Crippen molar-refractivity contribution >= 4 is 0 Å². The monoisotopic (exact) mass is 256 g/mol. The lowest BCUT2D eigenvalue weighted by Gasteiger charge is -2.07. The lowest BCUT2D eigenvalue weighted by molar-refractivity contribution is 0.305. The van der Waals surface area contributed by atoms with E-state index in [0.717, 1.165) is 24.3 Å². The van der Waals surface area contributed by atoms with Gasteiger partial charge in [-0.1, -0.05) is 31.2 Å². The Labute approximate surface area is 114 Å². The van der Waals surface area contributed by atoms with E-state index < -0.39 is 0 Å². The fourth-order valence-corrected chi connectivity index (χ4v) is 1.83. The van der Waals surface area contributed by atoms with Crippen LogP contribution in [0, 0.1) is 0 Å². The smallest absolute Gasteiger partial charge is 0.138 e. The summed E-state index contributed by atoms with van der Waals surface area (Å²) in [4.78, 5) is 4.30. The van der Waals surface area contributed by atoms with Crippen molar-refractivity contribution in [1.29, 1.82) is 0 Å². The summed E-state index contributed by atoms with van der Waals surface area (Å²) in [6.07, 6.45) is 3.62. The minimum absolute atomic E-state index is 0.571. The fourth-order valence-electron chi connectivity index (χ4n) is 1.83. The molecule has 2 rings (SSSR count). The van der Waals surface area contributed by atoms with E-state index in [-0.39, 0.29) is 0 Å². The lowest BCUT2D eigenvalue weighted by atomic mass is 10.1. The summed E-state index contributed by atoms with van der Waals surface area (Å²) in [6.45, 7) is 3.35. The predicted octanol–water partition coefficient (Wildman–Crippen LogP) is 2.72. The van der Waals surface area contributed by atoms with Crippen LogP contribution in [0.25, 0.3) is 0 Å². The summed E-state index contributed by atoms with van der Waals surface area (Å²) in [5.41, 5.74) is 9.00. The maximum Gasteiger partial charge on any atom is 0.138 e. The van der Waals surface area contributed by atoms with E-state index in [9.17, 15) is 0 Å². The Morgan fingerprint density at radius 3 is 2.37 bits per heavy atom. The molecule has 0 aliphatic heterocycles. The summed E-state index contributed by atoms with van der Waals surface area (Å²) in [6, 6.07) is 12.4. The molecule has 0 aliphatic carbocycles. The molecule has 1 heterocycles. The van der Waals surface area contributed by atoms with Crippen LogP contribution in [0.1, 0.15) is 23.7 Å². The van der Waals surface area contributed by atoms with Crippen molar-refractivity contribution in [3.63, 3.8) is 0 Å². The van der Waals surface area contributed by atoms with E-state index in [1.165, 1.54) is 11.1 Å². The Balaban J connectivity index is 1.90. The molecule has 0 bridgehead atoms. The molecule has 0 amide bonds. The lowest BCUT2D eigenvalue weighted by Crippen LogP contribution is -2.04. The van der Waals surface area contributed by atoms with Gasteiger partial charge in [0.15, 0.2) is 0 Å². The van der Waals surface area contributed by atoms with Gasteiger partial charge in [0, 0.05) is 12.1 Å². The first kappa shape index (κ1) is 13.6. The van der Waals surface area contributed by atoms with Crippen LogP contribution in [-0.4, -0.2) is 11.5 Å². The highest BCUT2D eigenvalue weighted by atomic mass is 16.5. The number of hydrogen-bond donors (Lipinski definition) is 1. The van der Waals surface area contributed by atoms with Gasteiger partial charge in [0.1, 0.15) is 12.4 Å². The Kier molecular flexibility index (Phi) is 4.93. The second-order valence-corrected chi connectivity index (χ2v) is 4.48. The number of nitrogens with zero attached hydrogens (tertiary/aromatic N) is 1. The molecular formula is C16H20N2O. The van der Waals surface area contributed by atoms with E-state index in [1.807, 2.05) is 12.1 Å². The highest BCUT2D eigenvalue weighted by Crippen LogP contribution is 2.13. The third-order valence-corrected chi connectivity index (χ3v) is 3.03. The van der Waals surface area contributed by atoms with Crippen LogP contribution in [-0.2, 0) is 19.4 Å². The first-order chi connectivity index (χ1) is 9.31. The molecule has 100 valence electrons. The summed E-state index contributed by atoms with van der Waals surface area (Å²) in [7, 11) is 0. The Morgan fingerprint density at radius 2 is 1.79 bits per heavy atom. The van der Waals surface area contributed by atoms with Crippen LogP contribution in [0.3, 0.4) is 0 Å². The topological polar surface area (TPSA) is 48.1 Å². The Bertz CT molecular complexity index is 491.